The van der Waals surface area contributed by atoms with Crippen molar-refractivity contribution in [1.82, 2.24) is 24.7 Å². The zero-order valence-electron chi connectivity index (χ0n) is 16.0. The average Bonchev–Trinajstić information content (AvgIpc) is 3.29. The van der Waals surface area contributed by atoms with E-state index < -0.39 is 5.54 Å². The summed E-state index contributed by atoms with van der Waals surface area (Å²) >= 11 is 0. The first kappa shape index (κ1) is 18.0. The second kappa shape index (κ2) is 6.65. The third kappa shape index (κ3) is 2.82. The Hall–Kier alpha value is -2.38. The quantitative estimate of drug-likeness (QED) is 0.818. The Labute approximate surface area is 158 Å². The Bertz CT molecular complexity index is 765. The molecule has 2 saturated heterocycles. The molecule has 1 aromatic rings. The van der Waals surface area contributed by atoms with Crippen molar-refractivity contribution in [1.29, 1.82) is 0 Å². The third-order valence-electron chi connectivity index (χ3n) is 6.46. The fourth-order valence-electron chi connectivity index (χ4n) is 4.92. The molecule has 1 spiro atoms. The highest BCUT2D eigenvalue weighted by molar-refractivity contribution is 5.89. The molecule has 0 bridgehead atoms. The first-order valence-electron chi connectivity index (χ1n) is 9.82. The number of likely N-dealkylation sites (tertiary alicyclic amines) is 2. The van der Waals surface area contributed by atoms with E-state index in [1.54, 1.807) is 18.3 Å². The van der Waals surface area contributed by atoms with E-state index in [0.29, 0.717) is 51.9 Å². The van der Waals surface area contributed by atoms with Crippen LogP contribution in [0.4, 0.5) is 0 Å². The summed E-state index contributed by atoms with van der Waals surface area (Å²) < 4.78 is 0. The zero-order chi connectivity index (χ0) is 19.2. The lowest BCUT2D eigenvalue weighted by atomic mass is 9.78. The van der Waals surface area contributed by atoms with Gasteiger partial charge in [-0.15, -0.1) is 0 Å². The number of carbonyl (C=O) groups is 3. The highest BCUT2D eigenvalue weighted by Crippen LogP contribution is 2.42. The van der Waals surface area contributed by atoms with E-state index in [1.807, 2.05) is 16.7 Å². The molecule has 2 fully saturated rings. The van der Waals surface area contributed by atoms with Crippen LogP contribution >= 0.6 is 0 Å². The first-order valence-corrected chi connectivity index (χ1v) is 9.82. The van der Waals surface area contributed by atoms with Gasteiger partial charge >= 0.3 is 0 Å². The van der Waals surface area contributed by atoms with Crippen molar-refractivity contribution < 1.29 is 14.4 Å². The number of imidazole rings is 1. The van der Waals surface area contributed by atoms with Gasteiger partial charge in [-0.05, 0) is 12.8 Å². The maximum absolute atomic E-state index is 12.9. The van der Waals surface area contributed by atoms with Gasteiger partial charge in [-0.1, -0.05) is 6.92 Å². The van der Waals surface area contributed by atoms with E-state index in [0.717, 1.165) is 17.8 Å². The number of aromatic nitrogens is 2. The predicted molar refractivity (Wildman–Crippen MR) is 97.5 cm³/mol. The number of nitrogens with zero attached hydrogens (tertiary/aromatic N) is 4. The number of nitrogens with one attached hydrogen (secondary N) is 1. The molecule has 8 nitrogen and oxygen atoms in total. The van der Waals surface area contributed by atoms with Crippen LogP contribution in [0.25, 0.3) is 0 Å². The van der Waals surface area contributed by atoms with Gasteiger partial charge in [0.25, 0.3) is 0 Å². The lowest BCUT2D eigenvalue weighted by Crippen LogP contribution is -2.59. The second-order valence-corrected chi connectivity index (χ2v) is 7.91. The highest BCUT2D eigenvalue weighted by atomic mass is 16.2. The standard InChI is InChI=1S/C19H27N5O3/c1-3-15(25)24-7-4-14-17(21-12-20-14)19(24)5-8-23(9-6-19)18(27)13-10-16(26)22(2)11-13/h12-13H,3-11H2,1-2H3,(H,20,21). The SMILES string of the molecule is CCC(=O)N1CCc2[nH]cnc2C12CCN(C(=O)C1CC(=O)N(C)C1)CC2. The summed E-state index contributed by atoms with van der Waals surface area (Å²) in [5, 5.41) is 0. The molecule has 1 aromatic heterocycles. The summed E-state index contributed by atoms with van der Waals surface area (Å²) in [6.45, 7) is 4.27. The highest BCUT2D eigenvalue weighted by Gasteiger charge is 2.49. The lowest BCUT2D eigenvalue weighted by Gasteiger charge is -2.50. The maximum Gasteiger partial charge on any atom is 0.227 e. The van der Waals surface area contributed by atoms with Crippen LogP contribution in [0.3, 0.4) is 0 Å². The summed E-state index contributed by atoms with van der Waals surface area (Å²) in [5.74, 6) is 0.00707. The molecule has 0 saturated carbocycles. The van der Waals surface area contributed by atoms with E-state index in [1.165, 1.54) is 0 Å². The number of fused-ring (bicyclic) bond motifs is 2. The van der Waals surface area contributed by atoms with Crippen LogP contribution in [-0.2, 0) is 26.3 Å². The van der Waals surface area contributed by atoms with Gasteiger partial charge in [0.2, 0.25) is 17.7 Å². The Morgan fingerprint density at radius 3 is 2.67 bits per heavy atom. The number of carbonyl (C=O) groups excluding carboxylic acids is 3. The molecule has 27 heavy (non-hydrogen) atoms. The predicted octanol–water partition coefficient (Wildman–Crippen LogP) is 0.500. The van der Waals surface area contributed by atoms with Crippen LogP contribution in [0.1, 0.15) is 44.0 Å². The Balaban J connectivity index is 1.53. The summed E-state index contributed by atoms with van der Waals surface area (Å²) in [6, 6.07) is 0. The molecule has 0 aliphatic carbocycles. The van der Waals surface area contributed by atoms with Crippen LogP contribution in [0, 0.1) is 5.92 Å². The van der Waals surface area contributed by atoms with Crippen molar-refractivity contribution >= 4 is 17.7 Å². The van der Waals surface area contributed by atoms with Gasteiger partial charge in [-0.25, -0.2) is 4.98 Å². The number of piperidine rings is 1. The molecule has 1 N–H and O–H groups in total. The zero-order valence-corrected chi connectivity index (χ0v) is 16.0. The van der Waals surface area contributed by atoms with Crippen molar-refractivity contribution in [3.8, 4) is 0 Å². The number of amides is 3. The molecule has 146 valence electrons. The Morgan fingerprint density at radius 2 is 2.04 bits per heavy atom. The van der Waals surface area contributed by atoms with Gasteiger partial charge in [-0.2, -0.15) is 0 Å². The van der Waals surface area contributed by atoms with Crippen LogP contribution in [0.2, 0.25) is 0 Å². The van der Waals surface area contributed by atoms with E-state index in [9.17, 15) is 14.4 Å². The van der Waals surface area contributed by atoms with E-state index in [-0.39, 0.29) is 23.6 Å². The van der Waals surface area contributed by atoms with Gasteiger partial charge in [0, 0.05) is 58.2 Å². The topological polar surface area (TPSA) is 89.6 Å². The summed E-state index contributed by atoms with van der Waals surface area (Å²) in [6.07, 6.45) is 4.67. The summed E-state index contributed by atoms with van der Waals surface area (Å²) in [4.78, 5) is 50.6. The maximum atomic E-state index is 12.9. The van der Waals surface area contributed by atoms with Crippen molar-refractivity contribution in [3.63, 3.8) is 0 Å². The third-order valence-corrected chi connectivity index (χ3v) is 6.46. The monoisotopic (exact) mass is 373 g/mol. The van der Waals surface area contributed by atoms with Gasteiger partial charge in [0.05, 0.1) is 23.5 Å². The van der Waals surface area contributed by atoms with Gasteiger partial charge in [0.1, 0.15) is 0 Å². The minimum atomic E-state index is -0.417. The number of rotatable bonds is 2. The molecule has 8 heteroatoms. The Morgan fingerprint density at radius 1 is 1.30 bits per heavy atom. The van der Waals surface area contributed by atoms with Crippen LogP contribution < -0.4 is 0 Å². The first-order chi connectivity index (χ1) is 13.0. The van der Waals surface area contributed by atoms with Crippen molar-refractivity contribution in [2.45, 2.75) is 44.6 Å². The molecule has 3 aliphatic rings. The van der Waals surface area contributed by atoms with E-state index >= 15 is 0 Å². The normalized spacial score (nSPS) is 24.4. The second-order valence-electron chi connectivity index (χ2n) is 7.91. The van der Waals surface area contributed by atoms with Crippen molar-refractivity contribution in [3.05, 3.63) is 17.7 Å². The molecular formula is C19H27N5O3. The molecule has 4 rings (SSSR count). The fourth-order valence-corrected chi connectivity index (χ4v) is 4.92. The van der Waals surface area contributed by atoms with Crippen LogP contribution in [-0.4, -0.2) is 75.6 Å². The average molecular weight is 373 g/mol. The van der Waals surface area contributed by atoms with Crippen LogP contribution in [0.5, 0.6) is 0 Å². The van der Waals surface area contributed by atoms with Crippen molar-refractivity contribution in [2.75, 3.05) is 33.2 Å². The molecule has 0 aromatic carbocycles. The molecule has 1 unspecified atom stereocenters. The van der Waals surface area contributed by atoms with E-state index in [4.69, 9.17) is 0 Å². The minimum Gasteiger partial charge on any atom is -0.348 e. The number of aromatic amines is 1. The van der Waals surface area contributed by atoms with Crippen molar-refractivity contribution in [2.24, 2.45) is 5.92 Å². The molecule has 3 aliphatic heterocycles. The van der Waals surface area contributed by atoms with Gasteiger partial charge < -0.3 is 19.7 Å². The molecule has 4 heterocycles. The smallest absolute Gasteiger partial charge is 0.227 e. The number of hydrogen-bond acceptors (Lipinski definition) is 4. The largest absolute Gasteiger partial charge is 0.348 e. The molecule has 3 amide bonds. The van der Waals surface area contributed by atoms with Gasteiger partial charge in [0.15, 0.2) is 0 Å². The van der Waals surface area contributed by atoms with E-state index in [2.05, 4.69) is 9.97 Å². The van der Waals surface area contributed by atoms with Crippen LogP contribution in [0.15, 0.2) is 6.33 Å². The van der Waals surface area contributed by atoms with Gasteiger partial charge in [-0.3, -0.25) is 14.4 Å². The fraction of sp³-hybridized carbons (Fsp3) is 0.684. The molecule has 1 atom stereocenters. The Kier molecular flexibility index (Phi) is 4.44. The number of H-pyrrole nitrogens is 1. The molecule has 0 radical (unpaired) electrons. The minimum absolute atomic E-state index is 0.0370. The lowest BCUT2D eigenvalue weighted by molar-refractivity contribution is -0.145. The molecular weight excluding hydrogens is 346 g/mol. The summed E-state index contributed by atoms with van der Waals surface area (Å²) in [7, 11) is 1.75. The number of hydrogen-bond donors (Lipinski definition) is 1. The summed E-state index contributed by atoms with van der Waals surface area (Å²) in [5.41, 5.74) is 1.66.